The van der Waals surface area contributed by atoms with Crippen LogP contribution in [-0.2, 0) is 6.42 Å². The molecule has 0 radical (unpaired) electrons. The first-order chi connectivity index (χ1) is 9.47. The van der Waals surface area contributed by atoms with Crippen molar-refractivity contribution in [3.63, 3.8) is 0 Å². The molecule has 0 fully saturated rings. The molecule has 0 saturated heterocycles. The van der Waals surface area contributed by atoms with E-state index < -0.39 is 0 Å². The van der Waals surface area contributed by atoms with E-state index in [2.05, 4.69) is 0 Å². The lowest BCUT2D eigenvalue weighted by Crippen LogP contribution is -2.18. The number of hydrogen-bond donors (Lipinski definition) is 1. The van der Waals surface area contributed by atoms with Gasteiger partial charge in [-0.3, -0.25) is 0 Å². The molecule has 0 aliphatic carbocycles. The van der Waals surface area contributed by atoms with E-state index in [1.165, 1.54) is 0 Å². The first-order valence-electron chi connectivity index (χ1n) is 6.13. The van der Waals surface area contributed by atoms with Crippen LogP contribution in [-0.4, -0.2) is 6.04 Å². The summed E-state index contributed by atoms with van der Waals surface area (Å²) in [7, 11) is 0. The summed E-state index contributed by atoms with van der Waals surface area (Å²) >= 11 is 18.2. The van der Waals surface area contributed by atoms with Crippen LogP contribution in [0.1, 0.15) is 12.5 Å². The maximum atomic E-state index is 6.22. The van der Waals surface area contributed by atoms with Crippen molar-refractivity contribution in [2.24, 2.45) is 5.73 Å². The molecular weight excluding hydrogens is 317 g/mol. The van der Waals surface area contributed by atoms with Crippen molar-refractivity contribution in [1.82, 2.24) is 0 Å². The number of ether oxygens (including phenoxy) is 1. The molecule has 0 bridgehead atoms. The highest BCUT2D eigenvalue weighted by molar-refractivity contribution is 6.35. The van der Waals surface area contributed by atoms with E-state index in [4.69, 9.17) is 45.3 Å². The minimum Gasteiger partial charge on any atom is -0.455 e. The average Bonchev–Trinajstić information content (AvgIpc) is 2.36. The quantitative estimate of drug-likeness (QED) is 0.822. The molecule has 106 valence electrons. The Hall–Kier alpha value is -0.930. The number of halogens is 3. The topological polar surface area (TPSA) is 35.2 Å². The van der Waals surface area contributed by atoms with E-state index in [0.29, 0.717) is 33.0 Å². The molecule has 2 nitrogen and oxygen atoms in total. The zero-order valence-electron chi connectivity index (χ0n) is 10.9. The first-order valence-corrected chi connectivity index (χ1v) is 7.26. The molecule has 0 aliphatic heterocycles. The van der Waals surface area contributed by atoms with Gasteiger partial charge in [-0.2, -0.15) is 0 Å². The van der Waals surface area contributed by atoms with Gasteiger partial charge >= 0.3 is 0 Å². The predicted octanol–water partition coefficient (Wildman–Crippen LogP) is 5.33. The van der Waals surface area contributed by atoms with Gasteiger partial charge in [-0.05, 0) is 43.7 Å². The third-order valence-corrected chi connectivity index (χ3v) is 3.60. The lowest BCUT2D eigenvalue weighted by atomic mass is 10.1. The van der Waals surface area contributed by atoms with Crippen molar-refractivity contribution in [2.45, 2.75) is 19.4 Å². The molecule has 0 spiro atoms. The summed E-state index contributed by atoms with van der Waals surface area (Å²) < 4.78 is 5.85. The molecule has 0 saturated carbocycles. The molecule has 1 unspecified atom stereocenters. The molecule has 2 rings (SSSR count). The molecule has 0 aliphatic rings. The summed E-state index contributed by atoms with van der Waals surface area (Å²) in [5.41, 5.74) is 6.72. The van der Waals surface area contributed by atoms with Crippen LogP contribution in [0.25, 0.3) is 0 Å². The number of hydrogen-bond acceptors (Lipinski definition) is 2. The number of nitrogens with two attached hydrogens (primary N) is 1. The smallest absolute Gasteiger partial charge is 0.146 e. The lowest BCUT2D eigenvalue weighted by molar-refractivity contribution is 0.474. The SMILES string of the molecule is CC(N)Cc1c(Cl)cccc1Oc1ccc(Cl)cc1Cl. The molecule has 0 amide bonds. The second-order valence-electron chi connectivity index (χ2n) is 4.57. The van der Waals surface area contributed by atoms with E-state index in [1.807, 2.05) is 25.1 Å². The van der Waals surface area contributed by atoms with Gasteiger partial charge in [0.05, 0.1) is 5.02 Å². The Morgan fingerprint density at radius 2 is 1.80 bits per heavy atom. The molecule has 5 heteroatoms. The first kappa shape index (κ1) is 15.5. The Morgan fingerprint density at radius 1 is 1.05 bits per heavy atom. The van der Waals surface area contributed by atoms with Crippen molar-refractivity contribution in [1.29, 1.82) is 0 Å². The molecule has 0 heterocycles. The van der Waals surface area contributed by atoms with E-state index in [-0.39, 0.29) is 6.04 Å². The number of benzene rings is 2. The van der Waals surface area contributed by atoms with Gasteiger partial charge in [-0.1, -0.05) is 40.9 Å². The highest BCUT2D eigenvalue weighted by Crippen LogP contribution is 2.35. The Labute approximate surface area is 133 Å². The van der Waals surface area contributed by atoms with Gasteiger partial charge in [0.15, 0.2) is 0 Å². The zero-order valence-corrected chi connectivity index (χ0v) is 13.1. The fraction of sp³-hybridized carbons (Fsp3) is 0.200. The van der Waals surface area contributed by atoms with E-state index in [9.17, 15) is 0 Å². The molecule has 0 aromatic heterocycles. The van der Waals surface area contributed by atoms with Crippen LogP contribution in [0.5, 0.6) is 11.5 Å². The Morgan fingerprint density at radius 3 is 2.45 bits per heavy atom. The molecular formula is C15H14Cl3NO. The van der Waals surface area contributed by atoms with Crippen LogP contribution >= 0.6 is 34.8 Å². The highest BCUT2D eigenvalue weighted by Gasteiger charge is 2.12. The summed E-state index contributed by atoms with van der Waals surface area (Å²) in [4.78, 5) is 0. The lowest BCUT2D eigenvalue weighted by Gasteiger charge is -2.15. The summed E-state index contributed by atoms with van der Waals surface area (Å²) in [5.74, 6) is 1.18. The van der Waals surface area contributed by atoms with Crippen molar-refractivity contribution >= 4 is 34.8 Å². The normalized spacial score (nSPS) is 12.2. The van der Waals surface area contributed by atoms with Crippen LogP contribution in [0.15, 0.2) is 36.4 Å². The van der Waals surface area contributed by atoms with Gasteiger partial charge in [-0.25, -0.2) is 0 Å². The minimum atomic E-state index is -0.0158. The fourth-order valence-electron chi connectivity index (χ4n) is 1.83. The van der Waals surface area contributed by atoms with Crippen LogP contribution in [0, 0.1) is 0 Å². The van der Waals surface area contributed by atoms with Crippen LogP contribution < -0.4 is 10.5 Å². The minimum absolute atomic E-state index is 0.0158. The summed E-state index contributed by atoms with van der Waals surface area (Å²) in [6, 6.07) is 10.5. The van der Waals surface area contributed by atoms with Crippen molar-refractivity contribution in [3.05, 3.63) is 57.0 Å². The second-order valence-corrected chi connectivity index (χ2v) is 5.83. The monoisotopic (exact) mass is 329 g/mol. The maximum absolute atomic E-state index is 6.22. The summed E-state index contributed by atoms with van der Waals surface area (Å²) in [6.45, 7) is 1.92. The molecule has 20 heavy (non-hydrogen) atoms. The molecule has 2 aromatic carbocycles. The van der Waals surface area contributed by atoms with Gasteiger partial charge in [-0.15, -0.1) is 0 Å². The molecule has 1 atom stereocenters. The van der Waals surface area contributed by atoms with Gasteiger partial charge in [0.25, 0.3) is 0 Å². The van der Waals surface area contributed by atoms with Crippen LogP contribution in [0.3, 0.4) is 0 Å². The highest BCUT2D eigenvalue weighted by atomic mass is 35.5. The van der Waals surface area contributed by atoms with Crippen molar-refractivity contribution in [2.75, 3.05) is 0 Å². The zero-order chi connectivity index (χ0) is 14.7. The van der Waals surface area contributed by atoms with Crippen LogP contribution in [0.2, 0.25) is 15.1 Å². The third kappa shape index (κ3) is 3.80. The van der Waals surface area contributed by atoms with Gasteiger partial charge < -0.3 is 10.5 Å². The predicted molar refractivity (Wildman–Crippen MR) is 85.3 cm³/mol. The summed E-state index contributed by atoms with van der Waals surface area (Å²) in [5, 5.41) is 1.64. The Balaban J connectivity index is 2.35. The number of rotatable bonds is 4. The van der Waals surface area contributed by atoms with Crippen molar-refractivity contribution < 1.29 is 4.74 Å². The van der Waals surface area contributed by atoms with Gasteiger partial charge in [0, 0.05) is 21.7 Å². The van der Waals surface area contributed by atoms with E-state index in [1.54, 1.807) is 18.2 Å². The summed E-state index contributed by atoms with van der Waals surface area (Å²) in [6.07, 6.45) is 0.625. The third-order valence-electron chi connectivity index (χ3n) is 2.72. The fourth-order valence-corrected chi connectivity index (χ4v) is 2.52. The maximum Gasteiger partial charge on any atom is 0.146 e. The Kier molecular flexibility index (Phi) is 5.17. The largest absolute Gasteiger partial charge is 0.455 e. The van der Waals surface area contributed by atoms with Gasteiger partial charge in [0.1, 0.15) is 11.5 Å². The average molecular weight is 331 g/mol. The Bertz CT molecular complexity index is 614. The van der Waals surface area contributed by atoms with Gasteiger partial charge in [0.2, 0.25) is 0 Å². The standard InChI is InChI=1S/C15H14Cl3NO/c1-9(19)7-11-12(17)3-2-4-14(11)20-15-6-5-10(16)8-13(15)18/h2-6,8-9H,7,19H2,1H3. The molecule has 2 N–H and O–H groups in total. The van der Waals surface area contributed by atoms with E-state index >= 15 is 0 Å². The van der Waals surface area contributed by atoms with Crippen LogP contribution in [0.4, 0.5) is 0 Å². The van der Waals surface area contributed by atoms with Crippen molar-refractivity contribution in [3.8, 4) is 11.5 Å². The second kappa shape index (κ2) is 6.68. The molecule has 2 aromatic rings. The van der Waals surface area contributed by atoms with E-state index in [0.717, 1.165) is 5.56 Å².